The van der Waals surface area contributed by atoms with Crippen LogP contribution in [0.15, 0.2) is 4.79 Å². The zero-order chi connectivity index (χ0) is 12.5. The molecule has 4 aliphatic carbocycles. The van der Waals surface area contributed by atoms with E-state index in [1.165, 1.54) is 38.5 Å². The molecule has 0 saturated heterocycles. The number of hydrogen-bond donors (Lipinski definition) is 2. The van der Waals surface area contributed by atoms with E-state index in [1.54, 1.807) is 0 Å². The van der Waals surface area contributed by atoms with E-state index in [9.17, 15) is 4.79 Å². The number of rotatable bonds is 1. The number of hydrogen-bond acceptors (Lipinski definition) is 2. The van der Waals surface area contributed by atoms with Crippen molar-refractivity contribution in [1.29, 1.82) is 0 Å². The van der Waals surface area contributed by atoms with Crippen LogP contribution in [0, 0.1) is 24.7 Å². The average molecular weight is 247 g/mol. The molecule has 0 aromatic carbocycles. The molecule has 0 spiro atoms. The zero-order valence-electron chi connectivity index (χ0n) is 10.9. The second-order valence-corrected chi connectivity index (χ2v) is 6.92. The fourth-order valence-electron chi connectivity index (χ4n) is 5.37. The molecule has 4 saturated carbocycles. The van der Waals surface area contributed by atoms with Gasteiger partial charge in [-0.05, 0) is 63.2 Å². The maximum atomic E-state index is 12.2. The highest BCUT2D eigenvalue weighted by atomic mass is 16.1. The van der Waals surface area contributed by atoms with Gasteiger partial charge < -0.3 is 10.7 Å². The molecule has 18 heavy (non-hydrogen) atoms. The first kappa shape index (κ1) is 10.7. The lowest BCUT2D eigenvalue weighted by molar-refractivity contribution is -0.0435. The molecule has 3 N–H and O–H groups in total. The summed E-state index contributed by atoms with van der Waals surface area (Å²) < 4.78 is 1.91. The number of aryl methyl sites for hydroxylation is 1. The molecule has 0 unspecified atom stereocenters. The summed E-state index contributed by atoms with van der Waals surface area (Å²) in [6, 6.07) is 0. The number of nitrogens with two attached hydrogens (primary N) is 1. The number of anilines is 1. The average Bonchev–Trinajstić information content (AvgIpc) is 2.51. The lowest BCUT2D eigenvalue weighted by Gasteiger charge is -2.57. The Morgan fingerprint density at radius 1 is 1.17 bits per heavy atom. The number of imidazole rings is 1. The molecule has 0 aliphatic heterocycles. The third-order valence-electron chi connectivity index (χ3n) is 5.60. The Morgan fingerprint density at radius 2 is 1.67 bits per heavy atom. The first-order valence-electron chi connectivity index (χ1n) is 7.15. The van der Waals surface area contributed by atoms with Crippen molar-refractivity contribution in [2.24, 2.45) is 17.8 Å². The van der Waals surface area contributed by atoms with Gasteiger partial charge in [0.15, 0.2) is 0 Å². The standard InChI is InChI=1S/C14H21N3O/c1-8-12(15)17(13(18)16-8)14-5-9-2-10(6-14)4-11(3-9)7-14/h9-11H,2-7,15H2,1H3,(H,16,18). The SMILES string of the molecule is Cc1[nH]c(=O)n(C23CC4CC(CC(C4)C2)C3)c1N. The van der Waals surface area contributed by atoms with Crippen LogP contribution in [0.2, 0.25) is 0 Å². The molecule has 5 rings (SSSR count). The smallest absolute Gasteiger partial charge is 0.327 e. The predicted octanol–water partition coefficient (Wildman–Crippen LogP) is 1.99. The number of nitrogens with zero attached hydrogens (tertiary/aromatic N) is 1. The fraction of sp³-hybridized carbons (Fsp3) is 0.786. The summed E-state index contributed by atoms with van der Waals surface area (Å²) in [6.07, 6.45) is 7.66. The van der Waals surface area contributed by atoms with Crippen LogP contribution in [0.1, 0.15) is 44.2 Å². The molecule has 1 aromatic rings. The summed E-state index contributed by atoms with van der Waals surface area (Å²) in [5.41, 5.74) is 7.03. The normalized spacial score (nSPS) is 41.5. The Morgan fingerprint density at radius 3 is 2.06 bits per heavy atom. The van der Waals surface area contributed by atoms with Gasteiger partial charge in [0.25, 0.3) is 0 Å². The Hall–Kier alpha value is -1.19. The molecule has 1 heterocycles. The van der Waals surface area contributed by atoms with Crippen molar-refractivity contribution in [3.63, 3.8) is 0 Å². The van der Waals surface area contributed by atoms with E-state index >= 15 is 0 Å². The van der Waals surface area contributed by atoms with Gasteiger partial charge in [-0.2, -0.15) is 0 Å². The molecule has 98 valence electrons. The van der Waals surface area contributed by atoms with Crippen molar-refractivity contribution in [1.82, 2.24) is 9.55 Å². The Balaban J connectivity index is 1.86. The quantitative estimate of drug-likeness (QED) is 0.797. The molecular formula is C14H21N3O. The van der Waals surface area contributed by atoms with E-state index in [-0.39, 0.29) is 11.2 Å². The second kappa shape index (κ2) is 3.22. The van der Waals surface area contributed by atoms with E-state index in [4.69, 9.17) is 5.73 Å². The van der Waals surface area contributed by atoms with E-state index < -0.39 is 0 Å². The number of H-pyrrole nitrogens is 1. The molecule has 4 aliphatic rings. The van der Waals surface area contributed by atoms with Gasteiger partial charge in [-0.15, -0.1) is 0 Å². The van der Waals surface area contributed by atoms with Gasteiger partial charge in [-0.25, -0.2) is 4.79 Å². The molecule has 1 aromatic heterocycles. The number of nitrogens with one attached hydrogen (secondary N) is 1. The summed E-state index contributed by atoms with van der Waals surface area (Å²) in [6.45, 7) is 1.90. The van der Waals surface area contributed by atoms with Crippen LogP contribution >= 0.6 is 0 Å². The van der Waals surface area contributed by atoms with Crippen LogP contribution in [-0.2, 0) is 5.54 Å². The van der Waals surface area contributed by atoms with Gasteiger partial charge in [0.2, 0.25) is 0 Å². The van der Waals surface area contributed by atoms with Crippen LogP contribution in [0.25, 0.3) is 0 Å². The Kier molecular flexibility index (Phi) is 1.92. The van der Waals surface area contributed by atoms with Crippen molar-refractivity contribution < 1.29 is 0 Å². The van der Waals surface area contributed by atoms with Gasteiger partial charge in [0.05, 0.1) is 11.2 Å². The highest BCUT2D eigenvalue weighted by Gasteiger charge is 2.53. The van der Waals surface area contributed by atoms with Crippen LogP contribution < -0.4 is 11.4 Å². The van der Waals surface area contributed by atoms with Crippen LogP contribution in [0.4, 0.5) is 5.82 Å². The van der Waals surface area contributed by atoms with E-state index in [0.29, 0.717) is 5.82 Å². The first-order valence-corrected chi connectivity index (χ1v) is 7.15. The lowest BCUT2D eigenvalue weighted by Crippen LogP contribution is -2.54. The van der Waals surface area contributed by atoms with Gasteiger partial charge in [0.1, 0.15) is 5.82 Å². The van der Waals surface area contributed by atoms with Crippen LogP contribution in [0.5, 0.6) is 0 Å². The number of nitrogen functional groups attached to an aromatic ring is 1. The summed E-state index contributed by atoms with van der Waals surface area (Å²) >= 11 is 0. The zero-order valence-corrected chi connectivity index (χ0v) is 10.9. The minimum atomic E-state index is 0.00644. The van der Waals surface area contributed by atoms with Gasteiger partial charge in [0, 0.05) is 0 Å². The first-order chi connectivity index (χ1) is 8.57. The monoisotopic (exact) mass is 247 g/mol. The van der Waals surface area contributed by atoms with Crippen LogP contribution in [-0.4, -0.2) is 9.55 Å². The summed E-state index contributed by atoms with van der Waals surface area (Å²) in [5.74, 6) is 3.16. The predicted molar refractivity (Wildman–Crippen MR) is 70.3 cm³/mol. The molecule has 4 fully saturated rings. The lowest BCUT2D eigenvalue weighted by atomic mass is 9.53. The summed E-state index contributed by atoms with van der Waals surface area (Å²) in [5, 5.41) is 0. The van der Waals surface area contributed by atoms with E-state index in [2.05, 4.69) is 4.98 Å². The number of aromatic amines is 1. The van der Waals surface area contributed by atoms with E-state index in [0.717, 1.165) is 23.4 Å². The summed E-state index contributed by atoms with van der Waals surface area (Å²) in [7, 11) is 0. The maximum absolute atomic E-state index is 12.2. The molecule has 0 atom stereocenters. The van der Waals surface area contributed by atoms with Crippen molar-refractivity contribution in [2.75, 3.05) is 5.73 Å². The highest BCUT2D eigenvalue weighted by Crippen LogP contribution is 2.58. The minimum Gasteiger partial charge on any atom is -0.384 e. The maximum Gasteiger partial charge on any atom is 0.327 e. The third-order valence-corrected chi connectivity index (χ3v) is 5.60. The molecule has 4 nitrogen and oxygen atoms in total. The Bertz CT molecular complexity index is 519. The topological polar surface area (TPSA) is 63.8 Å². The molecule has 4 bridgehead atoms. The minimum absolute atomic E-state index is 0.00644. The largest absolute Gasteiger partial charge is 0.384 e. The summed E-state index contributed by atoms with van der Waals surface area (Å²) in [4.78, 5) is 15.1. The van der Waals surface area contributed by atoms with Crippen molar-refractivity contribution in [3.05, 3.63) is 16.2 Å². The molecule has 0 radical (unpaired) electrons. The van der Waals surface area contributed by atoms with Gasteiger partial charge in [-0.1, -0.05) is 0 Å². The van der Waals surface area contributed by atoms with Crippen molar-refractivity contribution in [3.8, 4) is 0 Å². The molecular weight excluding hydrogens is 226 g/mol. The van der Waals surface area contributed by atoms with Crippen LogP contribution in [0.3, 0.4) is 0 Å². The third kappa shape index (κ3) is 1.24. The number of aromatic nitrogens is 2. The van der Waals surface area contributed by atoms with Gasteiger partial charge in [-0.3, -0.25) is 4.57 Å². The molecule has 4 heteroatoms. The van der Waals surface area contributed by atoms with E-state index in [1.807, 2.05) is 11.5 Å². The van der Waals surface area contributed by atoms with Crippen molar-refractivity contribution >= 4 is 5.82 Å². The molecule has 0 amide bonds. The second-order valence-electron chi connectivity index (χ2n) is 6.92. The fourth-order valence-corrected chi connectivity index (χ4v) is 5.37. The highest BCUT2D eigenvalue weighted by molar-refractivity contribution is 5.37. The van der Waals surface area contributed by atoms with Crippen molar-refractivity contribution in [2.45, 2.75) is 51.0 Å². The van der Waals surface area contributed by atoms with Gasteiger partial charge >= 0.3 is 5.69 Å². The Labute approximate surface area is 107 Å².